The van der Waals surface area contributed by atoms with Gasteiger partial charge >= 0.3 is 5.97 Å². The number of nitrogens with zero attached hydrogens (tertiary/aromatic N) is 2. The molecule has 4 heterocycles. The molecule has 2 bridgehead atoms. The van der Waals surface area contributed by atoms with E-state index in [1.54, 1.807) is 24.3 Å². The molecule has 1 fully saturated rings. The van der Waals surface area contributed by atoms with Crippen molar-refractivity contribution in [3.8, 4) is 11.5 Å². The summed E-state index contributed by atoms with van der Waals surface area (Å²) in [5.41, 5.74) is 0.952. The fourth-order valence-electron chi connectivity index (χ4n) is 5.57. The van der Waals surface area contributed by atoms with Gasteiger partial charge in [-0.25, -0.2) is 0 Å². The monoisotopic (exact) mass is 492 g/mol. The summed E-state index contributed by atoms with van der Waals surface area (Å²) in [6.45, 7) is 2.45. The molecule has 0 aliphatic carbocycles. The predicted octanol–water partition coefficient (Wildman–Crippen LogP) is 2.53. The number of rotatable bonds is 6. The van der Waals surface area contributed by atoms with E-state index in [1.165, 1.54) is 25.3 Å². The molecule has 2 aliphatic rings. The number of phenolic OH excluding ortho intramolecular Hbond substituents is 1. The van der Waals surface area contributed by atoms with Crippen molar-refractivity contribution in [2.45, 2.75) is 37.8 Å². The van der Waals surface area contributed by atoms with E-state index in [4.69, 9.17) is 9.15 Å². The molecular formula is C27H28N2O7. The van der Waals surface area contributed by atoms with Gasteiger partial charge in [0, 0.05) is 43.4 Å². The van der Waals surface area contributed by atoms with Gasteiger partial charge in [0.25, 0.3) is 5.56 Å². The highest BCUT2D eigenvalue weighted by atomic mass is 16.5. The van der Waals surface area contributed by atoms with E-state index in [9.17, 15) is 24.6 Å². The molecule has 9 heteroatoms. The molecule has 2 aliphatic heterocycles. The zero-order chi connectivity index (χ0) is 25.4. The topological polar surface area (TPSA) is 122 Å². The smallest absolute Gasteiger partial charge is 0.306 e. The number of hydrogen-bond donors (Lipinski definition) is 2. The summed E-state index contributed by atoms with van der Waals surface area (Å²) in [4.78, 5) is 39.4. The molecule has 0 amide bonds. The summed E-state index contributed by atoms with van der Waals surface area (Å²) in [6.07, 6.45) is 0.822. The lowest BCUT2D eigenvalue weighted by molar-refractivity contribution is -0.140. The molecule has 5 rings (SSSR count). The standard InChI is InChI=1S/C27H28N2O7/c1-35-25(33)11-21(17-4-2-5-19(30)9-17)27-26(34)23(31)10-20(36-27)15-28-12-16-8-18(14-28)22-6-3-7-24(32)29(22)13-16/h2-7,9-10,16,18,21,30,34H,8,11-15H2,1H3/t16-,18+,21+/m1/s1. The van der Waals surface area contributed by atoms with Crippen LogP contribution in [-0.4, -0.2) is 45.8 Å². The van der Waals surface area contributed by atoms with Crippen molar-refractivity contribution in [3.63, 3.8) is 0 Å². The first-order chi connectivity index (χ1) is 17.3. The lowest BCUT2D eigenvalue weighted by atomic mass is 9.83. The molecule has 188 valence electrons. The van der Waals surface area contributed by atoms with Crippen LogP contribution in [0.15, 0.2) is 62.5 Å². The van der Waals surface area contributed by atoms with Gasteiger partial charge in [-0.3, -0.25) is 19.3 Å². The first kappa shape index (κ1) is 23.9. The number of fused-ring (bicyclic) bond motifs is 4. The molecular weight excluding hydrogens is 464 g/mol. The van der Waals surface area contributed by atoms with Crippen LogP contribution < -0.4 is 11.0 Å². The van der Waals surface area contributed by atoms with Crippen LogP contribution in [0.4, 0.5) is 0 Å². The van der Waals surface area contributed by atoms with Crippen LogP contribution in [0.3, 0.4) is 0 Å². The Morgan fingerprint density at radius 2 is 1.92 bits per heavy atom. The Morgan fingerprint density at radius 1 is 1.11 bits per heavy atom. The van der Waals surface area contributed by atoms with E-state index in [2.05, 4.69) is 4.90 Å². The molecule has 9 nitrogen and oxygen atoms in total. The summed E-state index contributed by atoms with van der Waals surface area (Å²) in [5, 5.41) is 20.6. The maximum atomic E-state index is 12.7. The van der Waals surface area contributed by atoms with Gasteiger partial charge in [0.15, 0.2) is 5.76 Å². The average molecular weight is 493 g/mol. The number of carbonyl (C=O) groups is 1. The van der Waals surface area contributed by atoms with Crippen molar-refractivity contribution in [1.82, 2.24) is 9.47 Å². The molecule has 0 spiro atoms. The third-order valence-electron chi connectivity index (χ3n) is 7.12. The predicted molar refractivity (Wildman–Crippen MR) is 130 cm³/mol. The lowest BCUT2D eigenvalue weighted by Gasteiger charge is -2.42. The second-order valence-corrected chi connectivity index (χ2v) is 9.61. The molecule has 3 atom stereocenters. The number of piperidine rings is 1. The fourth-order valence-corrected chi connectivity index (χ4v) is 5.57. The normalized spacial score (nSPS) is 19.9. The second-order valence-electron chi connectivity index (χ2n) is 9.61. The van der Waals surface area contributed by atoms with Gasteiger partial charge in [0.2, 0.25) is 11.2 Å². The van der Waals surface area contributed by atoms with Crippen molar-refractivity contribution < 1.29 is 24.2 Å². The van der Waals surface area contributed by atoms with Gasteiger partial charge in [-0.1, -0.05) is 18.2 Å². The molecule has 2 aromatic heterocycles. The molecule has 0 saturated carbocycles. The highest BCUT2D eigenvalue weighted by molar-refractivity contribution is 5.71. The maximum absolute atomic E-state index is 12.7. The van der Waals surface area contributed by atoms with Crippen LogP contribution in [0.2, 0.25) is 0 Å². The number of likely N-dealkylation sites (tertiary alicyclic amines) is 1. The van der Waals surface area contributed by atoms with Gasteiger partial charge in [-0.05, 0) is 36.1 Å². The van der Waals surface area contributed by atoms with Crippen molar-refractivity contribution in [1.29, 1.82) is 0 Å². The van der Waals surface area contributed by atoms with Gasteiger partial charge in [-0.2, -0.15) is 0 Å². The SMILES string of the molecule is COC(=O)C[C@@H](c1cccc(O)c1)c1oc(CN2C[C@H]3C[C@@H](C2)c2cccc(=O)n2C3)cc(=O)c1O. The Labute approximate surface area is 207 Å². The zero-order valence-electron chi connectivity index (χ0n) is 19.9. The number of phenols is 1. The largest absolute Gasteiger partial charge is 0.508 e. The second kappa shape index (κ2) is 9.66. The van der Waals surface area contributed by atoms with E-state index in [0.29, 0.717) is 36.9 Å². The third kappa shape index (κ3) is 4.66. The minimum Gasteiger partial charge on any atom is -0.508 e. The van der Waals surface area contributed by atoms with Crippen LogP contribution in [0.1, 0.15) is 47.5 Å². The fraction of sp³-hybridized carbons (Fsp3) is 0.370. The highest BCUT2D eigenvalue weighted by Gasteiger charge is 2.35. The summed E-state index contributed by atoms with van der Waals surface area (Å²) in [7, 11) is 1.26. The first-order valence-corrected chi connectivity index (χ1v) is 12.0. The lowest BCUT2D eigenvalue weighted by Crippen LogP contribution is -2.46. The average Bonchev–Trinajstić information content (AvgIpc) is 2.85. The summed E-state index contributed by atoms with van der Waals surface area (Å²) >= 11 is 0. The van der Waals surface area contributed by atoms with Crippen LogP contribution >= 0.6 is 0 Å². The van der Waals surface area contributed by atoms with Crippen LogP contribution in [0.5, 0.6) is 11.5 Å². The summed E-state index contributed by atoms with van der Waals surface area (Å²) in [5.74, 6) is -1.12. The van der Waals surface area contributed by atoms with Crippen molar-refractivity contribution in [2.24, 2.45) is 5.92 Å². The molecule has 3 aromatic rings. The van der Waals surface area contributed by atoms with Gasteiger partial charge in [0.1, 0.15) is 11.5 Å². The van der Waals surface area contributed by atoms with Crippen molar-refractivity contribution in [3.05, 3.63) is 91.9 Å². The number of methoxy groups -OCH3 is 1. The number of aromatic hydroxyl groups is 2. The Balaban J connectivity index is 1.45. The van der Waals surface area contributed by atoms with Crippen LogP contribution in [0.25, 0.3) is 0 Å². The Morgan fingerprint density at radius 3 is 2.69 bits per heavy atom. The van der Waals surface area contributed by atoms with E-state index in [1.807, 2.05) is 10.6 Å². The number of pyridine rings is 1. The minimum atomic E-state index is -0.823. The van der Waals surface area contributed by atoms with Gasteiger partial charge in [0.05, 0.1) is 26.0 Å². The molecule has 0 radical (unpaired) electrons. The van der Waals surface area contributed by atoms with Crippen molar-refractivity contribution >= 4 is 5.97 Å². The van der Waals surface area contributed by atoms with E-state index in [0.717, 1.165) is 18.7 Å². The van der Waals surface area contributed by atoms with E-state index >= 15 is 0 Å². The molecule has 1 aromatic carbocycles. The number of aromatic nitrogens is 1. The quantitative estimate of drug-likeness (QED) is 0.504. The Hall–Kier alpha value is -3.85. The number of esters is 1. The first-order valence-electron chi connectivity index (χ1n) is 12.0. The van der Waals surface area contributed by atoms with Gasteiger partial charge < -0.3 is 23.9 Å². The van der Waals surface area contributed by atoms with Crippen LogP contribution in [0, 0.1) is 5.92 Å². The minimum absolute atomic E-state index is 0.0143. The molecule has 1 saturated heterocycles. The van der Waals surface area contributed by atoms with Crippen molar-refractivity contribution in [2.75, 3.05) is 20.2 Å². The molecule has 2 N–H and O–H groups in total. The zero-order valence-corrected chi connectivity index (χ0v) is 19.9. The number of ether oxygens (including phenoxy) is 1. The third-order valence-corrected chi connectivity index (χ3v) is 7.12. The summed E-state index contributed by atoms with van der Waals surface area (Å²) < 4.78 is 12.8. The van der Waals surface area contributed by atoms with Crippen LogP contribution in [-0.2, 0) is 22.6 Å². The number of carbonyl (C=O) groups excluding carboxylic acids is 1. The van der Waals surface area contributed by atoms with E-state index in [-0.39, 0.29) is 29.4 Å². The molecule has 0 unspecified atom stereocenters. The summed E-state index contributed by atoms with van der Waals surface area (Å²) in [6, 6.07) is 12.9. The Bertz CT molecular complexity index is 1410. The molecule has 36 heavy (non-hydrogen) atoms. The van der Waals surface area contributed by atoms with E-state index < -0.39 is 23.1 Å². The highest BCUT2D eigenvalue weighted by Crippen LogP contribution is 2.37. The number of hydrogen-bond acceptors (Lipinski definition) is 8. The maximum Gasteiger partial charge on any atom is 0.306 e. The Kier molecular flexibility index (Phi) is 6.40. The number of benzene rings is 1. The van der Waals surface area contributed by atoms with Gasteiger partial charge in [-0.15, -0.1) is 0 Å².